The predicted molar refractivity (Wildman–Crippen MR) is 48.5 cm³/mol. The summed E-state index contributed by atoms with van der Waals surface area (Å²) < 4.78 is 62.0. The maximum absolute atomic E-state index is 12.5. The second-order valence-corrected chi connectivity index (χ2v) is 3.24. The van der Waals surface area contributed by atoms with Crippen LogP contribution in [0.3, 0.4) is 0 Å². The van der Waals surface area contributed by atoms with E-state index in [4.69, 9.17) is 16.9 Å². The van der Waals surface area contributed by atoms with Crippen LogP contribution in [0.2, 0.25) is 0 Å². The van der Waals surface area contributed by atoms with Gasteiger partial charge < -0.3 is 0 Å². The van der Waals surface area contributed by atoms with Crippen LogP contribution in [0.1, 0.15) is 28.9 Å². The fourth-order valence-corrected chi connectivity index (χ4v) is 1.37. The first-order valence-electron chi connectivity index (χ1n) is 4.16. The Hall–Kier alpha value is -1.42. The van der Waals surface area contributed by atoms with E-state index in [0.29, 0.717) is 6.07 Å². The molecule has 8 heteroatoms. The Morgan fingerprint density at radius 2 is 2.00 bits per heavy atom. The van der Waals surface area contributed by atoms with Gasteiger partial charge in [0.15, 0.2) is 0 Å². The highest BCUT2D eigenvalue weighted by Gasteiger charge is 2.35. The molecule has 0 amide bonds. The quantitative estimate of drug-likeness (QED) is 0.607. The molecule has 92 valence electrons. The Bertz CT molecular complexity index is 464. The van der Waals surface area contributed by atoms with Gasteiger partial charge in [-0.15, -0.1) is 11.6 Å². The SMILES string of the molecule is N#Cc1c(CCl)cc(C(F)(F)F)nc1C(F)F. The molecule has 2 nitrogen and oxygen atoms in total. The monoisotopic (exact) mass is 270 g/mol. The fourth-order valence-electron chi connectivity index (χ4n) is 1.16. The molecule has 0 atom stereocenters. The van der Waals surface area contributed by atoms with Gasteiger partial charge in [0, 0.05) is 5.88 Å². The van der Waals surface area contributed by atoms with Gasteiger partial charge in [-0.25, -0.2) is 13.8 Å². The molecular weight excluding hydrogens is 267 g/mol. The number of alkyl halides is 6. The van der Waals surface area contributed by atoms with Crippen LogP contribution in [0.5, 0.6) is 0 Å². The number of pyridine rings is 1. The smallest absolute Gasteiger partial charge is 0.241 e. The fraction of sp³-hybridized carbons (Fsp3) is 0.333. The Balaban J connectivity index is 3.53. The summed E-state index contributed by atoms with van der Waals surface area (Å²) in [4.78, 5) is 2.77. The van der Waals surface area contributed by atoms with Gasteiger partial charge in [0.25, 0.3) is 6.43 Å². The van der Waals surface area contributed by atoms with Gasteiger partial charge in [-0.05, 0) is 11.6 Å². The van der Waals surface area contributed by atoms with Crippen LogP contribution < -0.4 is 0 Å². The highest BCUT2D eigenvalue weighted by Crippen LogP contribution is 2.32. The lowest BCUT2D eigenvalue weighted by Crippen LogP contribution is -2.12. The molecule has 0 aliphatic heterocycles. The maximum Gasteiger partial charge on any atom is 0.433 e. The molecule has 0 saturated heterocycles. The normalized spacial score (nSPS) is 11.6. The van der Waals surface area contributed by atoms with E-state index in [0.717, 1.165) is 0 Å². The summed E-state index contributed by atoms with van der Waals surface area (Å²) in [7, 11) is 0. The zero-order valence-electron chi connectivity index (χ0n) is 8.02. The summed E-state index contributed by atoms with van der Waals surface area (Å²) >= 11 is 5.32. The third kappa shape index (κ3) is 2.82. The van der Waals surface area contributed by atoms with Crippen LogP contribution in [0, 0.1) is 11.3 Å². The molecule has 0 fully saturated rings. The molecule has 0 aliphatic rings. The van der Waals surface area contributed by atoms with Gasteiger partial charge in [0.2, 0.25) is 0 Å². The van der Waals surface area contributed by atoms with E-state index in [9.17, 15) is 22.0 Å². The Morgan fingerprint density at radius 1 is 1.41 bits per heavy atom. The van der Waals surface area contributed by atoms with Crippen molar-refractivity contribution < 1.29 is 22.0 Å². The van der Waals surface area contributed by atoms with Crippen molar-refractivity contribution >= 4 is 11.6 Å². The molecule has 0 unspecified atom stereocenters. The topological polar surface area (TPSA) is 36.7 Å². The molecule has 0 aliphatic carbocycles. The van der Waals surface area contributed by atoms with Crippen molar-refractivity contribution in [3.05, 3.63) is 28.6 Å². The Kier molecular flexibility index (Phi) is 3.88. The van der Waals surface area contributed by atoms with Crippen LogP contribution in [0.15, 0.2) is 6.07 Å². The van der Waals surface area contributed by atoms with E-state index in [1.807, 2.05) is 0 Å². The molecule has 0 bridgehead atoms. The lowest BCUT2D eigenvalue weighted by atomic mass is 10.1. The summed E-state index contributed by atoms with van der Waals surface area (Å²) in [6.45, 7) is 0. The van der Waals surface area contributed by atoms with Crippen LogP contribution in [0.25, 0.3) is 0 Å². The average molecular weight is 271 g/mol. The van der Waals surface area contributed by atoms with Crippen molar-refractivity contribution in [2.24, 2.45) is 0 Å². The first kappa shape index (κ1) is 13.6. The highest BCUT2D eigenvalue weighted by atomic mass is 35.5. The summed E-state index contributed by atoms with van der Waals surface area (Å²) in [5.41, 5.74) is -3.60. The molecule has 1 heterocycles. The zero-order chi connectivity index (χ0) is 13.2. The highest BCUT2D eigenvalue weighted by molar-refractivity contribution is 6.17. The number of nitrogens with zero attached hydrogens (tertiary/aromatic N) is 2. The molecular formula is C9H4ClF5N2. The molecule has 1 aromatic heterocycles. The van der Waals surface area contributed by atoms with Gasteiger partial charge >= 0.3 is 6.18 Å². The predicted octanol–water partition coefficient (Wildman–Crippen LogP) is 3.65. The molecule has 17 heavy (non-hydrogen) atoms. The number of hydrogen-bond donors (Lipinski definition) is 0. The zero-order valence-corrected chi connectivity index (χ0v) is 8.78. The number of rotatable bonds is 2. The molecule has 0 N–H and O–H groups in total. The molecule has 1 rings (SSSR count). The molecule has 0 saturated carbocycles. The second kappa shape index (κ2) is 4.84. The van der Waals surface area contributed by atoms with E-state index in [1.165, 1.54) is 6.07 Å². The number of nitriles is 1. The van der Waals surface area contributed by atoms with Crippen molar-refractivity contribution in [1.82, 2.24) is 4.98 Å². The van der Waals surface area contributed by atoms with E-state index >= 15 is 0 Å². The second-order valence-electron chi connectivity index (χ2n) is 2.97. The number of halogens is 6. The summed E-state index contributed by atoms with van der Waals surface area (Å²) in [6, 6.07) is 1.88. The molecule has 1 aromatic rings. The summed E-state index contributed by atoms with van der Waals surface area (Å²) in [5.74, 6) is -0.478. The largest absolute Gasteiger partial charge is 0.433 e. The van der Waals surface area contributed by atoms with Gasteiger partial charge in [-0.1, -0.05) is 0 Å². The minimum absolute atomic E-state index is 0.313. The third-order valence-corrected chi connectivity index (χ3v) is 2.17. The van der Waals surface area contributed by atoms with E-state index in [-0.39, 0.29) is 5.56 Å². The van der Waals surface area contributed by atoms with Crippen molar-refractivity contribution in [1.29, 1.82) is 5.26 Å². The van der Waals surface area contributed by atoms with E-state index in [2.05, 4.69) is 4.98 Å². The van der Waals surface area contributed by atoms with E-state index in [1.54, 1.807) is 0 Å². The number of aromatic nitrogens is 1. The van der Waals surface area contributed by atoms with Crippen molar-refractivity contribution in [2.75, 3.05) is 0 Å². The van der Waals surface area contributed by atoms with Crippen molar-refractivity contribution in [3.63, 3.8) is 0 Å². The van der Waals surface area contributed by atoms with Crippen molar-refractivity contribution in [3.8, 4) is 6.07 Å². The molecule has 0 aromatic carbocycles. The lowest BCUT2D eigenvalue weighted by Gasteiger charge is -2.11. The molecule has 0 spiro atoms. The minimum Gasteiger partial charge on any atom is -0.241 e. The average Bonchev–Trinajstić information content (AvgIpc) is 2.25. The standard InChI is InChI=1S/C9H4ClF5N2/c10-2-4-1-6(9(13,14)15)17-7(8(11)12)5(4)3-16/h1,8H,2H2. The third-order valence-electron chi connectivity index (χ3n) is 1.88. The van der Waals surface area contributed by atoms with Crippen molar-refractivity contribution in [2.45, 2.75) is 18.5 Å². The summed E-state index contributed by atoms with van der Waals surface area (Å²) in [6.07, 6.45) is -8.13. The lowest BCUT2D eigenvalue weighted by molar-refractivity contribution is -0.141. The van der Waals surface area contributed by atoms with Crippen LogP contribution >= 0.6 is 11.6 Å². The van der Waals surface area contributed by atoms with Gasteiger partial charge in [0.1, 0.15) is 17.5 Å². The van der Waals surface area contributed by atoms with E-state index < -0.39 is 35.4 Å². The number of hydrogen-bond acceptors (Lipinski definition) is 2. The van der Waals surface area contributed by atoms with Crippen LogP contribution in [-0.2, 0) is 12.1 Å². The Labute approximate surface area is 97.6 Å². The van der Waals surface area contributed by atoms with Crippen LogP contribution in [-0.4, -0.2) is 4.98 Å². The first-order chi connectivity index (χ1) is 7.81. The van der Waals surface area contributed by atoms with Crippen LogP contribution in [0.4, 0.5) is 22.0 Å². The van der Waals surface area contributed by atoms with Gasteiger partial charge in [0.05, 0.1) is 5.56 Å². The maximum atomic E-state index is 12.5. The van der Waals surface area contributed by atoms with Gasteiger partial charge in [-0.3, -0.25) is 0 Å². The first-order valence-corrected chi connectivity index (χ1v) is 4.70. The molecule has 0 radical (unpaired) electrons. The van der Waals surface area contributed by atoms with Gasteiger partial charge in [-0.2, -0.15) is 18.4 Å². The summed E-state index contributed by atoms with van der Waals surface area (Å²) in [5, 5.41) is 8.61. The Morgan fingerprint density at radius 3 is 2.35 bits per heavy atom. The minimum atomic E-state index is -4.86.